The van der Waals surface area contributed by atoms with Crippen LogP contribution in [-0.4, -0.2) is 56.9 Å². The molecule has 0 spiro atoms. The Morgan fingerprint density at radius 3 is 0.886 bits per heavy atom. The Morgan fingerprint density at radius 2 is 0.614 bits per heavy atom. The molecule has 0 unspecified atom stereocenters. The predicted molar refractivity (Wildman–Crippen MR) is 172 cm³/mol. The van der Waals surface area contributed by atoms with Crippen molar-refractivity contribution in [3.63, 3.8) is 0 Å². The topological polar surface area (TPSA) is 73.8 Å². The number of hydrogen-bond donors (Lipinski definition) is 0. The summed E-state index contributed by atoms with van der Waals surface area (Å²) in [5.74, 6) is 5.31. The van der Waals surface area contributed by atoms with Gasteiger partial charge in [0.1, 0.15) is 11.5 Å². The van der Waals surface area contributed by atoms with Crippen LogP contribution in [0.5, 0.6) is 46.0 Å². The highest BCUT2D eigenvalue weighted by atomic mass is 16.5. The van der Waals surface area contributed by atoms with Gasteiger partial charge in [-0.15, -0.1) is 0 Å². The molecule has 0 fully saturated rings. The molecule has 0 aliphatic rings. The van der Waals surface area contributed by atoms with E-state index in [0.29, 0.717) is 34.5 Å². The number of benzene rings is 4. The van der Waals surface area contributed by atoms with Crippen molar-refractivity contribution < 1.29 is 37.9 Å². The zero-order chi connectivity index (χ0) is 31.6. The van der Waals surface area contributed by atoms with Crippen LogP contribution in [0.4, 0.5) is 0 Å². The number of hydrogen-bond acceptors (Lipinski definition) is 8. The molecule has 0 bridgehead atoms. The van der Waals surface area contributed by atoms with Gasteiger partial charge in [0.25, 0.3) is 0 Å². The molecule has 0 N–H and O–H groups in total. The SMILES string of the molecule is COc1ccc(CCc2cc(OC)c(OC)c(OC)c2)cc1-c1cc(CCc2cc(OC)c(OC)c(OC)c2)ccc1OC. The normalized spacial score (nSPS) is 10.6. The van der Waals surface area contributed by atoms with E-state index in [1.807, 2.05) is 36.4 Å². The lowest BCUT2D eigenvalue weighted by molar-refractivity contribution is 0.324. The van der Waals surface area contributed by atoms with Gasteiger partial charge in [-0.25, -0.2) is 0 Å². The summed E-state index contributed by atoms with van der Waals surface area (Å²) in [6, 6.07) is 20.6. The van der Waals surface area contributed by atoms with Crippen molar-refractivity contribution in [2.75, 3.05) is 56.9 Å². The Bertz CT molecular complexity index is 1400. The van der Waals surface area contributed by atoms with E-state index in [9.17, 15) is 0 Å². The fourth-order valence-electron chi connectivity index (χ4n) is 5.38. The van der Waals surface area contributed by atoms with Crippen molar-refractivity contribution in [3.8, 4) is 57.1 Å². The molecular formula is C36H42O8. The van der Waals surface area contributed by atoms with Gasteiger partial charge in [-0.2, -0.15) is 0 Å². The number of rotatable bonds is 15. The average molecular weight is 603 g/mol. The van der Waals surface area contributed by atoms with Crippen LogP contribution in [0, 0.1) is 0 Å². The Hall–Kier alpha value is -4.72. The molecular weight excluding hydrogens is 560 g/mol. The lowest BCUT2D eigenvalue weighted by Crippen LogP contribution is -2.00. The highest BCUT2D eigenvalue weighted by Gasteiger charge is 2.17. The minimum absolute atomic E-state index is 0.586. The molecule has 44 heavy (non-hydrogen) atoms. The maximum atomic E-state index is 5.80. The second kappa shape index (κ2) is 15.1. The van der Waals surface area contributed by atoms with E-state index in [0.717, 1.165) is 59.4 Å². The van der Waals surface area contributed by atoms with Crippen molar-refractivity contribution in [3.05, 3.63) is 82.9 Å². The van der Waals surface area contributed by atoms with E-state index in [4.69, 9.17) is 37.9 Å². The predicted octanol–water partition coefficient (Wildman–Crippen LogP) is 6.99. The first-order valence-electron chi connectivity index (χ1n) is 14.3. The summed E-state index contributed by atoms with van der Waals surface area (Å²) in [7, 11) is 13.1. The standard InChI is InChI=1S/C36H42O8/c1-37-29-15-13-23(9-11-25-19-31(39-3)35(43-7)32(20-25)40-4)17-27(29)28-18-24(14-16-30(28)38-2)10-12-26-21-33(41-5)36(44-8)34(22-26)42-6/h13-22H,9-12H2,1-8H3. The minimum Gasteiger partial charge on any atom is -0.496 e. The summed E-state index contributed by atoms with van der Waals surface area (Å²) in [4.78, 5) is 0. The summed E-state index contributed by atoms with van der Waals surface area (Å²) in [5.41, 5.74) is 6.45. The van der Waals surface area contributed by atoms with Gasteiger partial charge in [0.05, 0.1) is 56.9 Å². The van der Waals surface area contributed by atoms with Gasteiger partial charge >= 0.3 is 0 Å². The molecule has 4 aromatic carbocycles. The van der Waals surface area contributed by atoms with Crippen molar-refractivity contribution in [2.45, 2.75) is 25.7 Å². The first-order chi connectivity index (χ1) is 21.4. The summed E-state index contributed by atoms with van der Waals surface area (Å²) in [5, 5.41) is 0. The first-order valence-corrected chi connectivity index (χ1v) is 14.3. The molecule has 4 aromatic rings. The van der Waals surface area contributed by atoms with Crippen LogP contribution in [0.25, 0.3) is 11.1 Å². The van der Waals surface area contributed by atoms with Gasteiger partial charge in [0.15, 0.2) is 23.0 Å². The smallest absolute Gasteiger partial charge is 0.203 e. The van der Waals surface area contributed by atoms with Crippen molar-refractivity contribution in [1.29, 1.82) is 0 Å². The number of methoxy groups -OCH3 is 8. The molecule has 0 aliphatic carbocycles. The van der Waals surface area contributed by atoms with E-state index in [1.165, 1.54) is 11.1 Å². The third kappa shape index (κ3) is 7.08. The van der Waals surface area contributed by atoms with E-state index in [2.05, 4.69) is 24.3 Å². The van der Waals surface area contributed by atoms with Gasteiger partial charge in [0.2, 0.25) is 11.5 Å². The third-order valence-corrected chi connectivity index (χ3v) is 7.67. The molecule has 0 amide bonds. The number of aryl methyl sites for hydroxylation is 4. The van der Waals surface area contributed by atoms with Crippen LogP contribution in [0.1, 0.15) is 22.3 Å². The van der Waals surface area contributed by atoms with Crippen molar-refractivity contribution in [2.24, 2.45) is 0 Å². The average Bonchev–Trinajstić information content (AvgIpc) is 3.08. The summed E-state index contributed by atoms with van der Waals surface area (Å²) in [6.07, 6.45) is 3.18. The Labute approximate surface area is 260 Å². The molecule has 8 nitrogen and oxygen atoms in total. The Kier molecular flexibility index (Phi) is 11.1. The van der Waals surface area contributed by atoms with Gasteiger partial charge < -0.3 is 37.9 Å². The molecule has 0 aromatic heterocycles. The van der Waals surface area contributed by atoms with Gasteiger partial charge in [-0.3, -0.25) is 0 Å². The van der Waals surface area contributed by atoms with Crippen molar-refractivity contribution >= 4 is 0 Å². The number of ether oxygens (including phenoxy) is 8. The lowest BCUT2D eigenvalue weighted by atomic mass is 9.95. The molecule has 4 rings (SSSR count). The molecule has 0 saturated carbocycles. The van der Waals surface area contributed by atoms with E-state index in [1.54, 1.807) is 56.9 Å². The van der Waals surface area contributed by atoms with E-state index in [-0.39, 0.29) is 0 Å². The first kappa shape index (κ1) is 32.2. The molecule has 0 radical (unpaired) electrons. The molecule has 0 atom stereocenters. The molecule has 0 aliphatic heterocycles. The van der Waals surface area contributed by atoms with Crippen LogP contribution >= 0.6 is 0 Å². The van der Waals surface area contributed by atoms with Gasteiger partial charge in [0, 0.05) is 11.1 Å². The molecule has 8 heteroatoms. The highest BCUT2D eigenvalue weighted by Crippen LogP contribution is 2.41. The maximum Gasteiger partial charge on any atom is 0.203 e. The lowest BCUT2D eigenvalue weighted by Gasteiger charge is -2.17. The molecule has 0 heterocycles. The van der Waals surface area contributed by atoms with Gasteiger partial charge in [-0.05, 0) is 96.5 Å². The molecule has 234 valence electrons. The largest absolute Gasteiger partial charge is 0.496 e. The van der Waals surface area contributed by atoms with Crippen LogP contribution in [0.2, 0.25) is 0 Å². The summed E-state index contributed by atoms with van der Waals surface area (Å²) in [6.45, 7) is 0. The highest BCUT2D eigenvalue weighted by molar-refractivity contribution is 5.77. The van der Waals surface area contributed by atoms with Crippen LogP contribution in [-0.2, 0) is 25.7 Å². The van der Waals surface area contributed by atoms with Crippen molar-refractivity contribution in [1.82, 2.24) is 0 Å². The second-order valence-electron chi connectivity index (χ2n) is 10.1. The third-order valence-electron chi connectivity index (χ3n) is 7.67. The van der Waals surface area contributed by atoms with Gasteiger partial charge in [-0.1, -0.05) is 12.1 Å². The van der Waals surface area contributed by atoms with Crippen LogP contribution in [0.3, 0.4) is 0 Å². The molecule has 0 saturated heterocycles. The fourth-order valence-corrected chi connectivity index (χ4v) is 5.38. The second-order valence-corrected chi connectivity index (χ2v) is 10.1. The summed E-state index contributed by atoms with van der Waals surface area (Å²) < 4.78 is 44.7. The minimum atomic E-state index is 0.586. The maximum absolute atomic E-state index is 5.80. The van der Waals surface area contributed by atoms with Crippen LogP contribution < -0.4 is 37.9 Å². The Morgan fingerprint density at radius 1 is 0.318 bits per heavy atom. The quantitative estimate of drug-likeness (QED) is 0.144. The fraction of sp³-hybridized carbons (Fsp3) is 0.333. The van der Waals surface area contributed by atoms with E-state index < -0.39 is 0 Å². The zero-order valence-electron chi connectivity index (χ0n) is 26.9. The zero-order valence-corrected chi connectivity index (χ0v) is 26.9. The van der Waals surface area contributed by atoms with E-state index >= 15 is 0 Å². The van der Waals surface area contributed by atoms with Crippen LogP contribution in [0.15, 0.2) is 60.7 Å². The Balaban J connectivity index is 1.61. The monoisotopic (exact) mass is 602 g/mol. The summed E-state index contributed by atoms with van der Waals surface area (Å²) >= 11 is 0.